The molecular weight excluding hydrogens is 530 g/mol. The Kier molecular flexibility index (Phi) is 9.45. The van der Waals surface area contributed by atoms with Crippen molar-refractivity contribution in [2.75, 3.05) is 7.11 Å². The molecule has 0 spiro atoms. The smallest absolute Gasteiger partial charge is 0.336 e. The van der Waals surface area contributed by atoms with Crippen molar-refractivity contribution in [3.63, 3.8) is 0 Å². The number of methoxy groups -OCH3 is 1. The highest BCUT2D eigenvalue weighted by Gasteiger charge is 2.22. The maximum atomic E-state index is 12.3. The van der Waals surface area contributed by atoms with Gasteiger partial charge in [0.15, 0.2) is 11.5 Å². The van der Waals surface area contributed by atoms with Crippen molar-refractivity contribution < 1.29 is 24.2 Å². The van der Waals surface area contributed by atoms with Gasteiger partial charge in [0, 0.05) is 16.8 Å². The van der Waals surface area contributed by atoms with Gasteiger partial charge in [0.2, 0.25) is 0 Å². The molecule has 0 radical (unpaired) electrons. The molecule has 2 rings (SSSR count). The van der Waals surface area contributed by atoms with Crippen molar-refractivity contribution in [1.29, 1.82) is 0 Å². The maximum Gasteiger partial charge on any atom is 0.336 e. The molecule has 0 saturated heterocycles. The fourth-order valence-corrected chi connectivity index (χ4v) is 3.43. The second kappa shape index (κ2) is 11.8. The van der Waals surface area contributed by atoms with Crippen LogP contribution in [0.4, 0.5) is 0 Å². The minimum Gasteiger partial charge on any atom is -0.493 e. The van der Waals surface area contributed by atoms with Gasteiger partial charge in [-0.1, -0.05) is 48.3 Å². The predicted octanol–water partition coefficient (Wildman–Crippen LogP) is 5.76. The second-order valence-electron chi connectivity index (χ2n) is 6.79. The number of aliphatic imine (C=N–C) groups is 1. The van der Waals surface area contributed by atoms with Crippen molar-refractivity contribution >= 4 is 56.1 Å². The molecule has 0 heterocycles. The number of nitrogens with zero attached hydrogens (tertiary/aromatic N) is 1. The molecule has 6 nitrogen and oxygen atoms in total. The molecule has 0 aliphatic rings. The van der Waals surface area contributed by atoms with Gasteiger partial charge in [-0.2, -0.15) is 0 Å². The van der Waals surface area contributed by atoms with Crippen molar-refractivity contribution in [1.82, 2.24) is 0 Å². The van der Waals surface area contributed by atoms with E-state index in [1.807, 2.05) is 38.1 Å². The Balaban J connectivity index is 2.20. The zero-order valence-electron chi connectivity index (χ0n) is 17.3. The van der Waals surface area contributed by atoms with Crippen molar-refractivity contribution in [2.45, 2.75) is 26.3 Å². The van der Waals surface area contributed by atoms with Gasteiger partial charge in [-0.15, -0.1) is 0 Å². The van der Waals surface area contributed by atoms with Gasteiger partial charge in [0.1, 0.15) is 6.04 Å². The summed E-state index contributed by atoms with van der Waals surface area (Å²) in [6, 6.07) is 9.95. The molecule has 2 aromatic carbocycles. The Bertz CT molecular complexity index is 986. The molecule has 0 aliphatic heterocycles. The van der Waals surface area contributed by atoms with Crippen LogP contribution in [0.3, 0.4) is 0 Å². The fraction of sp³-hybridized carbons (Fsp3) is 0.261. The third-order valence-electron chi connectivity index (χ3n) is 4.56. The number of rotatable bonds is 9. The minimum absolute atomic E-state index is 0.100. The fourth-order valence-electron chi connectivity index (χ4n) is 2.63. The standard InChI is InChI=1S/C23H23Br2NO5/c1-4-14(2)21(23(28)29)26-13-16-11-18(25)22(19(12-16)30-3)31-20(27)10-7-15-5-8-17(24)9-6-15/h5-14,21H,4H2,1-3H3,(H,28,29)/b10-7+,26-13?. The van der Waals surface area contributed by atoms with Gasteiger partial charge in [-0.3, -0.25) is 4.99 Å². The van der Waals surface area contributed by atoms with E-state index in [0.717, 1.165) is 10.0 Å². The molecule has 0 saturated carbocycles. The van der Waals surface area contributed by atoms with Crippen LogP contribution in [0.25, 0.3) is 6.08 Å². The van der Waals surface area contributed by atoms with Crippen LogP contribution in [0.15, 0.2) is 56.4 Å². The van der Waals surface area contributed by atoms with Crippen LogP contribution in [0.5, 0.6) is 11.5 Å². The number of carbonyl (C=O) groups excluding carboxylic acids is 1. The molecule has 0 aliphatic carbocycles. The zero-order chi connectivity index (χ0) is 23.0. The topological polar surface area (TPSA) is 85.2 Å². The minimum atomic E-state index is -0.972. The molecule has 2 aromatic rings. The Hall–Kier alpha value is -2.45. The molecule has 0 bridgehead atoms. The summed E-state index contributed by atoms with van der Waals surface area (Å²) >= 11 is 6.75. The Morgan fingerprint density at radius 3 is 2.42 bits per heavy atom. The Morgan fingerprint density at radius 1 is 1.16 bits per heavy atom. The van der Waals surface area contributed by atoms with Gasteiger partial charge >= 0.3 is 11.9 Å². The predicted molar refractivity (Wildman–Crippen MR) is 128 cm³/mol. The number of ether oxygens (including phenoxy) is 2. The Labute approximate surface area is 198 Å². The second-order valence-corrected chi connectivity index (χ2v) is 8.56. The summed E-state index contributed by atoms with van der Waals surface area (Å²) in [5.41, 5.74) is 1.47. The number of hydrogen-bond acceptors (Lipinski definition) is 5. The summed E-state index contributed by atoms with van der Waals surface area (Å²) in [5.74, 6) is -1.10. The molecule has 2 atom stereocenters. The summed E-state index contributed by atoms with van der Waals surface area (Å²) in [6.07, 6.45) is 5.16. The summed E-state index contributed by atoms with van der Waals surface area (Å²) < 4.78 is 12.2. The third-order valence-corrected chi connectivity index (χ3v) is 5.67. The summed E-state index contributed by atoms with van der Waals surface area (Å²) in [7, 11) is 1.46. The summed E-state index contributed by atoms with van der Waals surface area (Å²) in [4.78, 5) is 27.9. The molecule has 0 aromatic heterocycles. The monoisotopic (exact) mass is 551 g/mol. The van der Waals surface area contributed by atoms with Crippen LogP contribution in [0.2, 0.25) is 0 Å². The lowest BCUT2D eigenvalue weighted by atomic mass is 10.00. The first-order valence-corrected chi connectivity index (χ1v) is 11.1. The summed E-state index contributed by atoms with van der Waals surface area (Å²) in [5, 5.41) is 9.38. The first-order chi connectivity index (χ1) is 14.7. The molecule has 31 heavy (non-hydrogen) atoms. The van der Waals surface area contributed by atoms with E-state index in [0.29, 0.717) is 22.2 Å². The van der Waals surface area contributed by atoms with Gasteiger partial charge < -0.3 is 14.6 Å². The molecule has 2 unspecified atom stereocenters. The van der Waals surface area contributed by atoms with Crippen LogP contribution < -0.4 is 9.47 Å². The van der Waals surface area contributed by atoms with Gasteiger partial charge in [0.05, 0.1) is 11.6 Å². The molecule has 0 fully saturated rings. The molecule has 1 N–H and O–H groups in total. The maximum absolute atomic E-state index is 12.3. The summed E-state index contributed by atoms with van der Waals surface area (Å²) in [6.45, 7) is 3.76. The molecule has 0 amide bonds. The highest BCUT2D eigenvalue weighted by molar-refractivity contribution is 9.10. The first-order valence-electron chi connectivity index (χ1n) is 9.54. The third kappa shape index (κ3) is 7.33. The van der Waals surface area contributed by atoms with E-state index in [2.05, 4.69) is 36.9 Å². The highest BCUT2D eigenvalue weighted by atomic mass is 79.9. The normalized spacial score (nSPS) is 13.3. The molecule has 164 valence electrons. The Morgan fingerprint density at radius 2 is 1.84 bits per heavy atom. The number of carboxylic acid groups (broad SMARTS) is 1. The average molecular weight is 553 g/mol. The number of esters is 1. The van der Waals surface area contributed by atoms with E-state index in [1.54, 1.807) is 18.2 Å². The van der Waals surface area contributed by atoms with Crippen molar-refractivity contribution in [3.8, 4) is 11.5 Å². The number of halogens is 2. The number of hydrogen-bond donors (Lipinski definition) is 1. The van der Waals surface area contributed by atoms with E-state index in [4.69, 9.17) is 9.47 Å². The van der Waals surface area contributed by atoms with Gasteiger partial charge in [0.25, 0.3) is 0 Å². The van der Waals surface area contributed by atoms with E-state index in [9.17, 15) is 14.7 Å². The van der Waals surface area contributed by atoms with Crippen LogP contribution in [0, 0.1) is 5.92 Å². The number of aliphatic carboxylic acids is 1. The lowest BCUT2D eigenvalue weighted by Gasteiger charge is -2.14. The van der Waals surface area contributed by atoms with Crippen LogP contribution in [0.1, 0.15) is 31.4 Å². The van der Waals surface area contributed by atoms with Crippen LogP contribution in [-0.2, 0) is 9.59 Å². The van der Waals surface area contributed by atoms with Crippen LogP contribution in [-0.4, -0.2) is 36.4 Å². The SMILES string of the molecule is CCC(C)C(N=Cc1cc(Br)c(OC(=O)/C=C/c2ccc(Br)cc2)c(OC)c1)C(=O)O. The van der Waals surface area contributed by atoms with E-state index < -0.39 is 18.0 Å². The lowest BCUT2D eigenvalue weighted by Crippen LogP contribution is -2.25. The lowest BCUT2D eigenvalue weighted by molar-refractivity contribution is -0.139. The number of carbonyl (C=O) groups is 2. The average Bonchev–Trinajstić information content (AvgIpc) is 2.74. The van der Waals surface area contributed by atoms with Crippen molar-refractivity contribution in [3.05, 3.63) is 62.5 Å². The van der Waals surface area contributed by atoms with E-state index in [-0.39, 0.29) is 11.7 Å². The van der Waals surface area contributed by atoms with E-state index in [1.165, 1.54) is 19.4 Å². The van der Waals surface area contributed by atoms with Crippen LogP contribution >= 0.6 is 31.9 Å². The van der Waals surface area contributed by atoms with Gasteiger partial charge in [-0.05, 0) is 63.3 Å². The zero-order valence-corrected chi connectivity index (χ0v) is 20.5. The molecular formula is C23H23Br2NO5. The van der Waals surface area contributed by atoms with Crippen molar-refractivity contribution in [2.24, 2.45) is 10.9 Å². The van der Waals surface area contributed by atoms with Gasteiger partial charge in [-0.25, -0.2) is 9.59 Å². The quantitative estimate of drug-likeness (QED) is 0.185. The largest absolute Gasteiger partial charge is 0.493 e. The highest BCUT2D eigenvalue weighted by Crippen LogP contribution is 2.36. The first kappa shape index (κ1) is 24.8. The van der Waals surface area contributed by atoms with E-state index >= 15 is 0 Å². The number of carboxylic acids is 1. The molecule has 8 heteroatoms. The number of benzene rings is 2.